The first kappa shape index (κ1) is 22.0. The summed E-state index contributed by atoms with van der Waals surface area (Å²) < 4.78 is 68.8. The van der Waals surface area contributed by atoms with Crippen LogP contribution in [0.1, 0.15) is 29.7 Å². The zero-order chi connectivity index (χ0) is 23.5. The summed E-state index contributed by atoms with van der Waals surface area (Å²) in [6.07, 6.45) is -0.633. The van der Waals surface area contributed by atoms with Crippen LogP contribution in [-0.2, 0) is 18.4 Å². The summed E-state index contributed by atoms with van der Waals surface area (Å²) in [5, 5.41) is 17.5. The molecule has 1 aliphatic rings. The third kappa shape index (κ3) is 3.28. The Morgan fingerprint density at radius 3 is 2.47 bits per heavy atom. The van der Waals surface area contributed by atoms with Crippen molar-refractivity contribution in [1.29, 1.82) is 5.26 Å². The van der Waals surface area contributed by atoms with Gasteiger partial charge in [-0.25, -0.2) is 9.36 Å². The highest BCUT2D eigenvalue weighted by molar-refractivity contribution is 6.31. The summed E-state index contributed by atoms with van der Waals surface area (Å²) >= 11 is 6.27. The van der Waals surface area contributed by atoms with Crippen molar-refractivity contribution in [2.45, 2.75) is 30.4 Å². The predicted octanol–water partition coefficient (Wildman–Crippen LogP) is 5.78. The Labute approximate surface area is 184 Å². The van der Waals surface area contributed by atoms with Crippen LogP contribution in [0, 0.1) is 11.3 Å². The van der Waals surface area contributed by atoms with E-state index in [0.29, 0.717) is 34.6 Å². The molecule has 1 saturated carbocycles. The number of nitriles is 1. The highest BCUT2D eigenvalue weighted by Gasteiger charge is 2.61. The predicted molar refractivity (Wildman–Crippen MR) is 107 cm³/mol. The summed E-state index contributed by atoms with van der Waals surface area (Å²) in [7, 11) is 1.24. The van der Waals surface area contributed by atoms with E-state index in [2.05, 4.69) is 22.8 Å². The molecule has 0 N–H and O–H groups in total. The van der Waals surface area contributed by atoms with E-state index in [1.165, 1.54) is 19.4 Å². The minimum absolute atomic E-state index is 0.102. The maximum absolute atomic E-state index is 14.0. The Morgan fingerprint density at radius 2 is 1.91 bits per heavy atom. The molecule has 0 atom stereocenters. The summed E-state index contributed by atoms with van der Waals surface area (Å²) in [5.41, 5.74) is -0.654. The number of benzene rings is 1. The van der Waals surface area contributed by atoms with E-state index in [1.807, 2.05) is 0 Å². The van der Waals surface area contributed by atoms with Crippen LogP contribution in [0.2, 0.25) is 5.02 Å². The number of nitrogens with zero attached hydrogens (tertiary/aromatic N) is 5. The fraction of sp³-hybridized carbons (Fsp3) is 0.286. The lowest BCUT2D eigenvalue weighted by Gasteiger charge is -2.18. The fourth-order valence-corrected chi connectivity index (χ4v) is 3.88. The molecule has 0 amide bonds. The topological polar surface area (TPSA) is 59.4 Å². The van der Waals surface area contributed by atoms with Gasteiger partial charge in [0, 0.05) is 29.4 Å². The van der Waals surface area contributed by atoms with Crippen molar-refractivity contribution in [1.82, 2.24) is 19.6 Å². The van der Waals surface area contributed by atoms with E-state index < -0.39 is 28.8 Å². The van der Waals surface area contributed by atoms with Crippen molar-refractivity contribution in [3.8, 4) is 23.0 Å². The largest absolute Gasteiger partial charge is 0.459 e. The van der Waals surface area contributed by atoms with Gasteiger partial charge in [0.05, 0.1) is 17.7 Å². The van der Waals surface area contributed by atoms with Gasteiger partial charge in [0.1, 0.15) is 0 Å². The van der Waals surface area contributed by atoms with E-state index in [1.54, 1.807) is 18.2 Å². The molecule has 1 aliphatic carbocycles. The molecule has 5 nitrogen and oxygen atoms in total. The Bertz CT molecular complexity index is 1260. The Hall–Kier alpha value is -3.19. The third-order valence-corrected chi connectivity index (χ3v) is 5.82. The lowest BCUT2D eigenvalue weighted by molar-refractivity contribution is -0.291. The molecule has 0 saturated heterocycles. The van der Waals surface area contributed by atoms with Crippen LogP contribution in [0.3, 0.4) is 0 Å². The Balaban J connectivity index is 1.79. The SMILES string of the molecule is C=Cc1c(C(F)(F)C(F)(F)F)nn(C)c1-n1cc(-c2ccc(Cl)c(C3(C#N)CC3)c2)cn1. The molecule has 2 aromatic heterocycles. The summed E-state index contributed by atoms with van der Waals surface area (Å²) in [5.74, 6) is -5.27. The van der Waals surface area contributed by atoms with Gasteiger partial charge in [-0.15, -0.1) is 0 Å². The fourth-order valence-electron chi connectivity index (χ4n) is 3.58. The molecule has 1 fully saturated rings. The molecular formula is C21H15ClF5N5. The molecule has 32 heavy (non-hydrogen) atoms. The Morgan fingerprint density at radius 1 is 1.22 bits per heavy atom. The molecule has 166 valence electrons. The van der Waals surface area contributed by atoms with E-state index in [9.17, 15) is 27.2 Å². The normalized spacial score (nSPS) is 15.4. The Kier molecular flexibility index (Phi) is 4.93. The zero-order valence-electron chi connectivity index (χ0n) is 16.6. The van der Waals surface area contributed by atoms with Gasteiger partial charge in [-0.2, -0.15) is 37.4 Å². The molecule has 0 bridgehead atoms. The number of aromatic nitrogens is 4. The molecule has 4 rings (SSSR count). The number of hydrogen-bond acceptors (Lipinski definition) is 3. The van der Waals surface area contributed by atoms with E-state index >= 15 is 0 Å². The molecular weight excluding hydrogens is 453 g/mol. The monoisotopic (exact) mass is 467 g/mol. The number of aryl methyl sites for hydroxylation is 1. The van der Waals surface area contributed by atoms with E-state index in [0.717, 1.165) is 15.4 Å². The zero-order valence-corrected chi connectivity index (χ0v) is 17.3. The second kappa shape index (κ2) is 7.17. The van der Waals surface area contributed by atoms with Gasteiger partial charge in [0.25, 0.3) is 0 Å². The van der Waals surface area contributed by atoms with Crippen LogP contribution >= 0.6 is 11.6 Å². The standard InChI is InChI=1S/C21H15ClF5N5/c1-3-14-17(20(23,24)21(25,26)27)30-31(2)18(14)32-10-13(9-29-32)12-4-5-16(22)15(8-12)19(11-28)6-7-19/h3-5,8-10H,1,6-7H2,2H3. The third-order valence-electron chi connectivity index (χ3n) is 5.49. The summed E-state index contributed by atoms with van der Waals surface area (Å²) in [4.78, 5) is 0. The quantitative estimate of drug-likeness (QED) is 0.447. The second-order valence-corrected chi connectivity index (χ2v) is 7.96. The lowest BCUT2D eigenvalue weighted by Crippen LogP contribution is -2.34. The van der Waals surface area contributed by atoms with Crippen LogP contribution in [0.25, 0.3) is 23.0 Å². The van der Waals surface area contributed by atoms with Gasteiger partial charge in [0.15, 0.2) is 11.5 Å². The highest BCUT2D eigenvalue weighted by atomic mass is 35.5. The molecule has 2 heterocycles. The van der Waals surface area contributed by atoms with Crippen molar-refractivity contribution >= 4 is 17.7 Å². The maximum Gasteiger partial charge on any atom is 0.459 e. The summed E-state index contributed by atoms with van der Waals surface area (Å²) in [6.45, 7) is 3.38. The first-order valence-corrected chi connectivity index (χ1v) is 9.74. The van der Waals surface area contributed by atoms with Gasteiger partial charge < -0.3 is 0 Å². The van der Waals surface area contributed by atoms with Crippen molar-refractivity contribution in [3.63, 3.8) is 0 Å². The van der Waals surface area contributed by atoms with Gasteiger partial charge in [-0.1, -0.05) is 30.3 Å². The minimum atomic E-state index is -5.81. The van der Waals surface area contributed by atoms with Gasteiger partial charge >= 0.3 is 12.1 Å². The molecule has 11 heteroatoms. The molecule has 0 unspecified atom stereocenters. The van der Waals surface area contributed by atoms with Gasteiger partial charge in [0.2, 0.25) is 0 Å². The average Bonchev–Trinajstić information content (AvgIpc) is 3.24. The highest BCUT2D eigenvalue weighted by Crippen LogP contribution is 2.50. The van der Waals surface area contributed by atoms with Crippen molar-refractivity contribution in [2.24, 2.45) is 7.05 Å². The minimum Gasteiger partial charge on any atom is -0.250 e. The molecule has 0 aliphatic heterocycles. The van der Waals surface area contributed by atoms with Gasteiger partial charge in [-0.3, -0.25) is 0 Å². The van der Waals surface area contributed by atoms with E-state index in [4.69, 9.17) is 11.6 Å². The van der Waals surface area contributed by atoms with Crippen LogP contribution in [-0.4, -0.2) is 25.7 Å². The number of alkyl halides is 5. The summed E-state index contributed by atoms with van der Waals surface area (Å²) in [6, 6.07) is 7.41. The van der Waals surface area contributed by atoms with Crippen molar-refractivity contribution < 1.29 is 22.0 Å². The lowest BCUT2D eigenvalue weighted by atomic mass is 9.94. The second-order valence-electron chi connectivity index (χ2n) is 7.55. The van der Waals surface area contributed by atoms with Gasteiger partial charge in [-0.05, 0) is 36.1 Å². The molecule has 1 aromatic carbocycles. The van der Waals surface area contributed by atoms with E-state index in [-0.39, 0.29) is 5.82 Å². The van der Waals surface area contributed by atoms with Crippen molar-refractivity contribution in [3.05, 3.63) is 59.0 Å². The van der Waals surface area contributed by atoms with Crippen molar-refractivity contribution in [2.75, 3.05) is 0 Å². The first-order valence-electron chi connectivity index (χ1n) is 9.36. The van der Waals surface area contributed by atoms with Crippen LogP contribution in [0.5, 0.6) is 0 Å². The number of hydrogen-bond donors (Lipinski definition) is 0. The van der Waals surface area contributed by atoms with Crippen LogP contribution < -0.4 is 0 Å². The number of rotatable bonds is 5. The molecule has 0 spiro atoms. The smallest absolute Gasteiger partial charge is 0.250 e. The molecule has 3 aromatic rings. The first-order chi connectivity index (χ1) is 14.9. The number of halogens is 6. The van der Waals surface area contributed by atoms with Crippen LogP contribution in [0.15, 0.2) is 37.2 Å². The maximum atomic E-state index is 14.0. The molecule has 0 radical (unpaired) electrons. The van der Waals surface area contributed by atoms with Crippen LogP contribution in [0.4, 0.5) is 22.0 Å². The average molecular weight is 468 g/mol.